The summed E-state index contributed by atoms with van der Waals surface area (Å²) in [5, 5.41) is 5.95. The van der Waals surface area contributed by atoms with Crippen molar-refractivity contribution >= 4 is 18.3 Å². The summed E-state index contributed by atoms with van der Waals surface area (Å²) < 4.78 is 10.5. The zero-order chi connectivity index (χ0) is 14.8. The Bertz CT molecular complexity index is 407. The van der Waals surface area contributed by atoms with E-state index in [-0.39, 0.29) is 24.9 Å². The smallest absolute Gasteiger partial charge is 0.257 e. The van der Waals surface area contributed by atoms with E-state index < -0.39 is 0 Å². The van der Waals surface area contributed by atoms with E-state index in [1.165, 1.54) is 0 Å². The number of carbonyl (C=O) groups excluding carboxylic acids is 1. The highest BCUT2D eigenvalue weighted by molar-refractivity contribution is 5.85. The molecule has 0 heterocycles. The Kier molecular flexibility index (Phi) is 10.7. The number of halogens is 1. The molecule has 120 valence electrons. The lowest BCUT2D eigenvalue weighted by molar-refractivity contribution is -0.123. The highest BCUT2D eigenvalue weighted by atomic mass is 35.5. The molecule has 0 fully saturated rings. The summed E-state index contributed by atoms with van der Waals surface area (Å²) in [4.78, 5) is 11.6. The summed E-state index contributed by atoms with van der Waals surface area (Å²) in [6.07, 6.45) is 0. The third kappa shape index (κ3) is 7.90. The van der Waals surface area contributed by atoms with Crippen LogP contribution in [0.3, 0.4) is 0 Å². The average Bonchev–Trinajstić information content (AvgIpc) is 2.42. The first kappa shape index (κ1) is 19.7. The van der Waals surface area contributed by atoms with Gasteiger partial charge in [-0.25, -0.2) is 0 Å². The lowest BCUT2D eigenvalue weighted by Gasteiger charge is -2.12. The van der Waals surface area contributed by atoms with E-state index in [0.717, 1.165) is 30.0 Å². The van der Waals surface area contributed by atoms with Gasteiger partial charge in [-0.05, 0) is 25.0 Å². The number of methoxy groups -OCH3 is 1. The normalized spacial score (nSPS) is 9.86. The maximum absolute atomic E-state index is 11.6. The van der Waals surface area contributed by atoms with Crippen LogP contribution in [0.25, 0.3) is 0 Å². The van der Waals surface area contributed by atoms with Gasteiger partial charge in [-0.3, -0.25) is 4.79 Å². The second-order valence-corrected chi connectivity index (χ2v) is 4.60. The van der Waals surface area contributed by atoms with Crippen molar-refractivity contribution < 1.29 is 14.3 Å². The predicted molar refractivity (Wildman–Crippen MR) is 86.4 cm³/mol. The van der Waals surface area contributed by atoms with Crippen LogP contribution in [0.2, 0.25) is 0 Å². The zero-order valence-electron chi connectivity index (χ0n) is 12.9. The number of nitrogens with one attached hydrogen (secondary N) is 2. The number of para-hydroxylation sites is 1. The molecule has 1 amide bonds. The van der Waals surface area contributed by atoms with Crippen molar-refractivity contribution in [1.82, 2.24) is 10.6 Å². The van der Waals surface area contributed by atoms with Crippen molar-refractivity contribution in [2.75, 3.05) is 40.0 Å². The van der Waals surface area contributed by atoms with Gasteiger partial charge in [0.15, 0.2) is 6.61 Å². The van der Waals surface area contributed by atoms with Crippen LogP contribution in [0, 0.1) is 13.8 Å². The van der Waals surface area contributed by atoms with Crippen LogP contribution >= 0.6 is 12.4 Å². The van der Waals surface area contributed by atoms with Gasteiger partial charge in [0, 0.05) is 26.7 Å². The highest BCUT2D eigenvalue weighted by Gasteiger charge is 2.06. The Morgan fingerprint density at radius 2 is 1.81 bits per heavy atom. The summed E-state index contributed by atoms with van der Waals surface area (Å²) >= 11 is 0. The van der Waals surface area contributed by atoms with Crippen LogP contribution in [0.15, 0.2) is 18.2 Å². The summed E-state index contributed by atoms with van der Waals surface area (Å²) in [5.41, 5.74) is 2.08. The number of rotatable bonds is 9. The molecule has 0 bridgehead atoms. The Morgan fingerprint density at radius 3 is 2.43 bits per heavy atom. The van der Waals surface area contributed by atoms with E-state index in [2.05, 4.69) is 10.6 Å². The maximum atomic E-state index is 11.6. The van der Waals surface area contributed by atoms with E-state index in [9.17, 15) is 4.79 Å². The fourth-order valence-electron chi connectivity index (χ4n) is 1.81. The Labute approximate surface area is 132 Å². The monoisotopic (exact) mass is 316 g/mol. The maximum Gasteiger partial charge on any atom is 0.257 e. The first-order valence-corrected chi connectivity index (χ1v) is 6.80. The van der Waals surface area contributed by atoms with Crippen LogP contribution < -0.4 is 15.4 Å². The Hall–Kier alpha value is -1.30. The van der Waals surface area contributed by atoms with E-state index in [1.807, 2.05) is 32.0 Å². The van der Waals surface area contributed by atoms with Gasteiger partial charge >= 0.3 is 0 Å². The molecule has 0 saturated heterocycles. The number of aryl methyl sites for hydroxylation is 2. The zero-order valence-corrected chi connectivity index (χ0v) is 13.7. The summed E-state index contributed by atoms with van der Waals surface area (Å²) in [5.74, 6) is 0.682. The fraction of sp³-hybridized carbons (Fsp3) is 0.533. The van der Waals surface area contributed by atoms with Gasteiger partial charge in [0.2, 0.25) is 0 Å². The van der Waals surface area contributed by atoms with Gasteiger partial charge < -0.3 is 20.1 Å². The van der Waals surface area contributed by atoms with Crippen molar-refractivity contribution in [3.05, 3.63) is 29.3 Å². The molecule has 1 aromatic rings. The number of amides is 1. The van der Waals surface area contributed by atoms with E-state index in [1.54, 1.807) is 7.11 Å². The minimum atomic E-state index is -0.110. The van der Waals surface area contributed by atoms with Gasteiger partial charge in [-0.2, -0.15) is 0 Å². The van der Waals surface area contributed by atoms with Gasteiger partial charge in [0.25, 0.3) is 5.91 Å². The molecule has 6 heteroatoms. The van der Waals surface area contributed by atoms with Crippen LogP contribution in [-0.4, -0.2) is 45.9 Å². The highest BCUT2D eigenvalue weighted by Crippen LogP contribution is 2.21. The van der Waals surface area contributed by atoms with Crippen molar-refractivity contribution in [1.29, 1.82) is 0 Å². The second-order valence-electron chi connectivity index (χ2n) is 4.60. The molecule has 0 aromatic heterocycles. The third-order valence-electron chi connectivity index (χ3n) is 2.86. The van der Waals surface area contributed by atoms with Crippen molar-refractivity contribution in [3.8, 4) is 5.75 Å². The van der Waals surface area contributed by atoms with Crippen LogP contribution in [0.1, 0.15) is 11.1 Å². The SMILES string of the molecule is COCCNCCNC(=O)COc1c(C)cccc1C.Cl. The van der Waals surface area contributed by atoms with Crippen LogP contribution in [0.4, 0.5) is 0 Å². The fourth-order valence-corrected chi connectivity index (χ4v) is 1.81. The van der Waals surface area contributed by atoms with E-state index in [0.29, 0.717) is 13.2 Å². The van der Waals surface area contributed by atoms with E-state index in [4.69, 9.17) is 9.47 Å². The van der Waals surface area contributed by atoms with E-state index >= 15 is 0 Å². The summed E-state index contributed by atoms with van der Waals surface area (Å²) in [7, 11) is 1.66. The quantitative estimate of drug-likeness (QED) is 0.677. The molecule has 2 N–H and O–H groups in total. The second kappa shape index (κ2) is 11.4. The molecule has 0 unspecified atom stereocenters. The molecular weight excluding hydrogens is 292 g/mol. The van der Waals surface area contributed by atoms with Crippen molar-refractivity contribution in [2.45, 2.75) is 13.8 Å². The minimum Gasteiger partial charge on any atom is -0.483 e. The van der Waals surface area contributed by atoms with Crippen molar-refractivity contribution in [2.24, 2.45) is 0 Å². The van der Waals surface area contributed by atoms with Gasteiger partial charge in [0.05, 0.1) is 6.61 Å². The molecule has 5 nitrogen and oxygen atoms in total. The van der Waals surface area contributed by atoms with Gasteiger partial charge in [-0.1, -0.05) is 18.2 Å². The number of ether oxygens (including phenoxy) is 2. The standard InChI is InChI=1S/C15H24N2O3.ClH/c1-12-5-4-6-13(2)15(12)20-11-14(18)17-8-7-16-9-10-19-3;/h4-6,16H,7-11H2,1-3H3,(H,17,18);1H. The van der Waals surface area contributed by atoms with Gasteiger partial charge in [-0.15, -0.1) is 12.4 Å². The number of carbonyl (C=O) groups is 1. The molecule has 1 aromatic carbocycles. The Morgan fingerprint density at radius 1 is 1.14 bits per heavy atom. The predicted octanol–water partition coefficient (Wildman–Crippen LogP) is 1.46. The number of hydrogen-bond acceptors (Lipinski definition) is 4. The lowest BCUT2D eigenvalue weighted by Crippen LogP contribution is -2.35. The molecule has 0 aliphatic carbocycles. The van der Waals surface area contributed by atoms with Gasteiger partial charge in [0.1, 0.15) is 5.75 Å². The molecule has 0 aliphatic heterocycles. The largest absolute Gasteiger partial charge is 0.483 e. The molecule has 0 atom stereocenters. The third-order valence-corrected chi connectivity index (χ3v) is 2.86. The number of benzene rings is 1. The van der Waals surface area contributed by atoms with Crippen LogP contribution in [-0.2, 0) is 9.53 Å². The first-order valence-electron chi connectivity index (χ1n) is 6.80. The topological polar surface area (TPSA) is 59.6 Å². The molecule has 0 aliphatic rings. The molecule has 0 radical (unpaired) electrons. The molecular formula is C15H25ClN2O3. The molecule has 1 rings (SSSR count). The Balaban J connectivity index is 0.00000400. The molecule has 0 saturated carbocycles. The number of hydrogen-bond donors (Lipinski definition) is 2. The first-order chi connectivity index (χ1) is 9.65. The lowest BCUT2D eigenvalue weighted by atomic mass is 10.1. The van der Waals surface area contributed by atoms with Crippen molar-refractivity contribution in [3.63, 3.8) is 0 Å². The van der Waals surface area contributed by atoms with Crippen LogP contribution in [0.5, 0.6) is 5.75 Å². The summed E-state index contributed by atoms with van der Waals surface area (Å²) in [6.45, 7) is 6.75. The minimum absolute atomic E-state index is 0. The summed E-state index contributed by atoms with van der Waals surface area (Å²) in [6, 6.07) is 5.92. The average molecular weight is 317 g/mol. The molecule has 0 spiro atoms. The molecule has 21 heavy (non-hydrogen) atoms.